The molecule has 1 atom stereocenters. The van der Waals surface area contributed by atoms with Gasteiger partial charge in [-0.15, -0.1) is 0 Å². The second-order valence-corrected chi connectivity index (χ2v) is 8.08. The molecule has 1 aliphatic carbocycles. The van der Waals surface area contributed by atoms with E-state index in [9.17, 15) is 18.0 Å². The van der Waals surface area contributed by atoms with Crippen LogP contribution in [0.15, 0.2) is 12.3 Å². The summed E-state index contributed by atoms with van der Waals surface area (Å²) < 4.78 is 45.6. The van der Waals surface area contributed by atoms with Crippen LogP contribution in [0.4, 0.5) is 13.2 Å². The van der Waals surface area contributed by atoms with Crippen LogP contribution in [-0.2, 0) is 0 Å². The molecule has 148 valence electrons. The Kier molecular flexibility index (Phi) is 4.40. The van der Waals surface area contributed by atoms with Crippen molar-refractivity contribution in [3.63, 3.8) is 0 Å². The molecule has 0 saturated heterocycles. The van der Waals surface area contributed by atoms with Gasteiger partial charge in [0.1, 0.15) is 11.6 Å². The van der Waals surface area contributed by atoms with E-state index in [0.717, 1.165) is 21.8 Å². The molecule has 28 heavy (non-hydrogen) atoms. The maximum atomic E-state index is 13.3. The Morgan fingerprint density at radius 2 is 2.04 bits per heavy atom. The van der Waals surface area contributed by atoms with Crippen molar-refractivity contribution in [2.45, 2.75) is 45.8 Å². The molecule has 1 saturated carbocycles. The normalized spacial score (nSPS) is 15.8. The molecule has 4 rings (SSSR count). The van der Waals surface area contributed by atoms with Gasteiger partial charge in [-0.1, -0.05) is 0 Å². The fraction of sp³-hybridized carbons (Fsp3) is 0.444. The zero-order chi connectivity index (χ0) is 20.2. The zero-order valence-corrected chi connectivity index (χ0v) is 16.3. The van der Waals surface area contributed by atoms with Crippen molar-refractivity contribution in [2.75, 3.05) is 0 Å². The number of nitrogens with one attached hydrogen (secondary N) is 1. The lowest BCUT2D eigenvalue weighted by Crippen LogP contribution is -2.46. The number of carbonyl (C=O) groups excluding carboxylic acids is 1. The quantitative estimate of drug-likeness (QED) is 0.711. The number of amides is 1. The molecule has 0 bridgehead atoms. The minimum atomic E-state index is -4.48. The maximum absolute atomic E-state index is 13.3. The molecule has 1 amide bonds. The number of aromatic nitrogens is 4. The lowest BCUT2D eigenvalue weighted by Gasteiger charge is -2.20. The van der Waals surface area contributed by atoms with Gasteiger partial charge >= 0.3 is 6.18 Å². The number of carbonyl (C=O) groups is 1. The minimum absolute atomic E-state index is 0.0262. The number of nitrogens with zero attached hydrogens (tertiary/aromatic N) is 4. The van der Waals surface area contributed by atoms with E-state index < -0.39 is 24.0 Å². The second-order valence-electron chi connectivity index (χ2n) is 7.11. The molecule has 10 heteroatoms. The summed E-state index contributed by atoms with van der Waals surface area (Å²) in [6.07, 6.45) is -2.29. The first-order valence-electron chi connectivity index (χ1n) is 8.83. The van der Waals surface area contributed by atoms with Crippen molar-refractivity contribution in [3.05, 3.63) is 34.1 Å². The number of hydrogen-bond acceptors (Lipinski definition) is 5. The van der Waals surface area contributed by atoms with Crippen molar-refractivity contribution in [3.8, 4) is 11.3 Å². The van der Waals surface area contributed by atoms with Gasteiger partial charge in [-0.25, -0.2) is 9.50 Å². The third-order valence-corrected chi connectivity index (χ3v) is 5.76. The van der Waals surface area contributed by atoms with E-state index >= 15 is 0 Å². The summed E-state index contributed by atoms with van der Waals surface area (Å²) in [6, 6.07) is -0.0153. The monoisotopic (exact) mass is 409 g/mol. The average molecular weight is 409 g/mol. The second kappa shape index (κ2) is 6.54. The van der Waals surface area contributed by atoms with Gasteiger partial charge in [0.15, 0.2) is 5.65 Å². The van der Waals surface area contributed by atoms with Crippen LogP contribution in [0.5, 0.6) is 0 Å². The van der Waals surface area contributed by atoms with Gasteiger partial charge < -0.3 is 5.32 Å². The molecular weight excluding hydrogens is 391 g/mol. The predicted octanol–water partition coefficient (Wildman–Crippen LogP) is 3.85. The molecule has 0 aromatic carbocycles. The van der Waals surface area contributed by atoms with Crippen LogP contribution in [0, 0.1) is 26.7 Å². The van der Waals surface area contributed by atoms with Crippen molar-refractivity contribution in [2.24, 2.45) is 5.92 Å². The smallest absolute Gasteiger partial charge is 0.340 e. The Morgan fingerprint density at radius 3 is 2.61 bits per heavy atom. The molecule has 0 aliphatic heterocycles. The van der Waals surface area contributed by atoms with Crippen LogP contribution < -0.4 is 5.32 Å². The molecule has 3 heterocycles. The fourth-order valence-corrected chi connectivity index (χ4v) is 4.07. The molecular formula is C18H18F3N5OS. The van der Waals surface area contributed by atoms with E-state index in [0.29, 0.717) is 18.5 Å². The highest BCUT2D eigenvalue weighted by Gasteiger charge is 2.49. The first-order chi connectivity index (χ1) is 13.2. The molecule has 1 aliphatic rings. The number of aryl methyl sites for hydroxylation is 3. The van der Waals surface area contributed by atoms with Gasteiger partial charge in [0.25, 0.3) is 5.91 Å². The number of halogens is 3. The zero-order valence-electron chi connectivity index (χ0n) is 15.5. The molecule has 1 unspecified atom stereocenters. The van der Waals surface area contributed by atoms with E-state index in [2.05, 4.69) is 19.8 Å². The topological polar surface area (TPSA) is 72.2 Å². The SMILES string of the molecule is Cc1nsc(C)c1-c1cc(C)n2ncc(C(=O)NC(C3CC3)C(F)(F)F)c2n1. The Balaban J connectivity index is 1.75. The van der Waals surface area contributed by atoms with Gasteiger partial charge in [0.2, 0.25) is 0 Å². The Morgan fingerprint density at radius 1 is 1.32 bits per heavy atom. The summed E-state index contributed by atoms with van der Waals surface area (Å²) in [6.45, 7) is 5.60. The summed E-state index contributed by atoms with van der Waals surface area (Å²) in [7, 11) is 0. The standard InChI is InChI=1S/C18H18F3N5OS/c1-8-6-13(14-9(2)25-28-10(14)3)23-16-12(7-22-26(8)16)17(27)24-15(11-4-5-11)18(19,20)21/h6-7,11,15H,4-5H2,1-3H3,(H,24,27). The Bertz CT molecular complexity index is 1050. The van der Waals surface area contributed by atoms with Crippen LogP contribution in [0.3, 0.4) is 0 Å². The fourth-order valence-electron chi connectivity index (χ4n) is 3.37. The summed E-state index contributed by atoms with van der Waals surface area (Å²) >= 11 is 1.35. The van der Waals surface area contributed by atoms with E-state index in [1.54, 1.807) is 6.92 Å². The molecule has 0 spiro atoms. The number of alkyl halides is 3. The van der Waals surface area contributed by atoms with Gasteiger partial charge in [0.05, 0.1) is 17.6 Å². The van der Waals surface area contributed by atoms with Crippen LogP contribution in [-0.4, -0.2) is 37.1 Å². The van der Waals surface area contributed by atoms with Crippen LogP contribution in [0.1, 0.15) is 39.5 Å². The highest BCUT2D eigenvalue weighted by Crippen LogP contribution is 2.40. The predicted molar refractivity (Wildman–Crippen MR) is 98.3 cm³/mol. The molecule has 0 radical (unpaired) electrons. The van der Waals surface area contributed by atoms with Crippen molar-refractivity contribution >= 4 is 23.1 Å². The van der Waals surface area contributed by atoms with Gasteiger partial charge in [0, 0.05) is 16.1 Å². The first kappa shape index (κ1) is 18.9. The van der Waals surface area contributed by atoms with Crippen LogP contribution in [0.25, 0.3) is 16.9 Å². The highest BCUT2D eigenvalue weighted by molar-refractivity contribution is 7.06. The van der Waals surface area contributed by atoms with Crippen LogP contribution in [0.2, 0.25) is 0 Å². The molecule has 1 N–H and O–H groups in total. The van der Waals surface area contributed by atoms with Gasteiger partial charge in [-0.3, -0.25) is 4.79 Å². The lowest BCUT2D eigenvalue weighted by molar-refractivity contribution is -0.158. The van der Waals surface area contributed by atoms with Gasteiger partial charge in [-0.05, 0) is 57.1 Å². The van der Waals surface area contributed by atoms with E-state index in [4.69, 9.17) is 0 Å². The molecule has 3 aromatic rings. The molecule has 1 fully saturated rings. The first-order valence-corrected chi connectivity index (χ1v) is 9.60. The summed E-state index contributed by atoms with van der Waals surface area (Å²) in [5.74, 6) is -1.37. The minimum Gasteiger partial charge on any atom is -0.340 e. The van der Waals surface area contributed by atoms with Crippen molar-refractivity contribution in [1.82, 2.24) is 24.3 Å². The van der Waals surface area contributed by atoms with Crippen LogP contribution >= 0.6 is 11.5 Å². The number of rotatable bonds is 4. The lowest BCUT2D eigenvalue weighted by atomic mass is 10.1. The molecule has 6 nitrogen and oxygen atoms in total. The van der Waals surface area contributed by atoms with Crippen molar-refractivity contribution in [1.29, 1.82) is 0 Å². The largest absolute Gasteiger partial charge is 0.408 e. The maximum Gasteiger partial charge on any atom is 0.408 e. The highest BCUT2D eigenvalue weighted by atomic mass is 32.1. The number of hydrogen-bond donors (Lipinski definition) is 1. The Hall–Kier alpha value is -2.49. The van der Waals surface area contributed by atoms with E-state index in [1.165, 1.54) is 22.2 Å². The van der Waals surface area contributed by atoms with E-state index in [-0.39, 0.29) is 11.2 Å². The van der Waals surface area contributed by atoms with Crippen molar-refractivity contribution < 1.29 is 18.0 Å². The number of fused-ring (bicyclic) bond motifs is 1. The average Bonchev–Trinajstić information content (AvgIpc) is 3.25. The summed E-state index contributed by atoms with van der Waals surface area (Å²) in [5.41, 5.74) is 3.29. The van der Waals surface area contributed by atoms with Gasteiger partial charge in [-0.2, -0.15) is 22.6 Å². The third-order valence-electron chi connectivity index (χ3n) is 4.92. The third kappa shape index (κ3) is 3.25. The Labute approximate surface area is 163 Å². The molecule has 3 aromatic heterocycles. The summed E-state index contributed by atoms with van der Waals surface area (Å²) in [4.78, 5) is 18.2. The summed E-state index contributed by atoms with van der Waals surface area (Å²) in [5, 5.41) is 6.28. The van der Waals surface area contributed by atoms with E-state index in [1.807, 2.05) is 19.9 Å².